The van der Waals surface area contributed by atoms with Gasteiger partial charge in [0.25, 0.3) is 0 Å². The van der Waals surface area contributed by atoms with Crippen molar-refractivity contribution in [3.63, 3.8) is 0 Å². The summed E-state index contributed by atoms with van der Waals surface area (Å²) in [4.78, 5) is 63.5. The molecular formula is C69H64N4O8. The molecule has 12 nitrogen and oxygen atoms in total. The minimum atomic E-state index is -1.33. The minimum absolute atomic E-state index is 0.199. The Morgan fingerprint density at radius 1 is 0.432 bits per heavy atom. The number of hydrogen-bond acceptors (Lipinski definition) is 10. The van der Waals surface area contributed by atoms with E-state index in [9.17, 15) is 19.2 Å². The third-order valence-electron chi connectivity index (χ3n) is 17.1. The Morgan fingerprint density at radius 2 is 0.778 bits per heavy atom. The van der Waals surface area contributed by atoms with Crippen molar-refractivity contribution in [2.75, 3.05) is 45.8 Å². The Kier molecular flexibility index (Phi) is 12.7. The lowest BCUT2D eigenvalue weighted by molar-refractivity contribution is -0.116. The Labute approximate surface area is 473 Å². The average Bonchev–Trinajstić information content (AvgIpc) is 3.03. The van der Waals surface area contributed by atoms with Crippen molar-refractivity contribution >= 4 is 57.9 Å². The first-order chi connectivity index (χ1) is 39.0. The van der Waals surface area contributed by atoms with Gasteiger partial charge in [-0.2, -0.15) is 0 Å². The number of fused-ring (bicyclic) bond motifs is 12. The molecule has 4 heterocycles. The van der Waals surface area contributed by atoms with Gasteiger partial charge in [-0.05, 0) is 149 Å². The first-order valence-electron chi connectivity index (χ1n) is 27.9. The van der Waals surface area contributed by atoms with Crippen molar-refractivity contribution in [3.05, 3.63) is 224 Å². The van der Waals surface area contributed by atoms with E-state index in [1.165, 1.54) is 0 Å². The first kappa shape index (κ1) is 52.5. The SMILES string of the molecule is CCN(CC)c1ccc2c(c1)Oc1cc(C)c(N(C(C)=O)c3ccc(C(C)(C)c4ccc(N(C(C)=O)c5cc6c(cc5C)Oc5cc(N(CC)CC)ccc5C65OC(=O)c6ccccc65)cc4)cc3)cc1C21OC(=O)c2ccccc21. The second-order valence-electron chi connectivity index (χ2n) is 21.8. The lowest BCUT2D eigenvalue weighted by Crippen LogP contribution is -2.34. The molecule has 4 aliphatic heterocycles. The molecule has 0 aliphatic carbocycles. The fourth-order valence-electron chi connectivity index (χ4n) is 12.8. The van der Waals surface area contributed by atoms with E-state index in [4.69, 9.17) is 18.9 Å². The van der Waals surface area contributed by atoms with Gasteiger partial charge in [-0.1, -0.05) is 74.5 Å². The van der Waals surface area contributed by atoms with Crippen LogP contribution >= 0.6 is 0 Å². The van der Waals surface area contributed by atoms with Crippen molar-refractivity contribution in [3.8, 4) is 23.0 Å². The summed E-state index contributed by atoms with van der Waals surface area (Å²) in [6.07, 6.45) is 0. The first-order valence-corrected chi connectivity index (χ1v) is 27.9. The van der Waals surface area contributed by atoms with E-state index in [1.807, 2.05) is 159 Å². The molecule has 12 rings (SSSR count). The number of benzene rings is 8. The third-order valence-corrected chi connectivity index (χ3v) is 17.1. The molecule has 8 aromatic rings. The largest absolute Gasteiger partial charge is 0.456 e. The molecule has 12 heteroatoms. The number of nitrogens with zero attached hydrogens (tertiary/aromatic N) is 4. The quantitative estimate of drug-likeness (QED) is 0.109. The van der Waals surface area contributed by atoms with Gasteiger partial charge in [-0.3, -0.25) is 19.4 Å². The maximum atomic E-state index is 14.0. The Hall–Kier alpha value is -9.16. The van der Waals surface area contributed by atoms with Crippen LogP contribution < -0.4 is 29.1 Å². The topological polar surface area (TPSA) is 118 Å². The molecule has 2 spiro atoms. The van der Waals surface area contributed by atoms with Gasteiger partial charge >= 0.3 is 11.9 Å². The predicted molar refractivity (Wildman–Crippen MR) is 317 cm³/mol. The molecule has 0 bridgehead atoms. The normalized spacial score (nSPS) is 16.9. The van der Waals surface area contributed by atoms with Gasteiger partial charge in [-0.15, -0.1) is 0 Å². The number of carbonyl (C=O) groups excluding carboxylic acids is 4. The van der Waals surface area contributed by atoms with Crippen molar-refractivity contribution in [2.24, 2.45) is 0 Å². The number of anilines is 6. The Balaban J connectivity index is 0.867. The summed E-state index contributed by atoms with van der Waals surface area (Å²) < 4.78 is 26.6. The van der Waals surface area contributed by atoms with Gasteiger partial charge in [0, 0.05) is 114 Å². The van der Waals surface area contributed by atoms with Crippen molar-refractivity contribution in [1.82, 2.24) is 0 Å². The van der Waals surface area contributed by atoms with Crippen LogP contribution in [0.15, 0.2) is 158 Å². The van der Waals surface area contributed by atoms with Crippen LogP contribution in [0.4, 0.5) is 34.1 Å². The highest BCUT2D eigenvalue weighted by atomic mass is 16.6. The van der Waals surface area contributed by atoms with Crippen molar-refractivity contribution in [1.29, 1.82) is 0 Å². The van der Waals surface area contributed by atoms with Crippen LogP contribution in [0.2, 0.25) is 0 Å². The zero-order valence-electron chi connectivity index (χ0n) is 47.4. The van der Waals surface area contributed by atoms with Crippen LogP contribution in [0.3, 0.4) is 0 Å². The van der Waals surface area contributed by atoms with Crippen LogP contribution in [0.25, 0.3) is 0 Å². The molecule has 0 fully saturated rings. The molecule has 81 heavy (non-hydrogen) atoms. The summed E-state index contributed by atoms with van der Waals surface area (Å²) in [5, 5.41) is 0. The minimum Gasteiger partial charge on any atom is -0.456 e. The van der Waals surface area contributed by atoms with E-state index in [0.29, 0.717) is 90.3 Å². The van der Waals surface area contributed by atoms with E-state index in [2.05, 4.69) is 51.3 Å². The lowest BCUT2D eigenvalue weighted by Gasteiger charge is -2.38. The Bertz CT molecular complexity index is 3660. The van der Waals surface area contributed by atoms with E-state index in [1.54, 1.807) is 35.8 Å². The molecule has 0 radical (unpaired) electrons. The van der Waals surface area contributed by atoms with Gasteiger partial charge < -0.3 is 28.7 Å². The second kappa shape index (κ2) is 19.6. The van der Waals surface area contributed by atoms with E-state index in [-0.39, 0.29) is 11.8 Å². The monoisotopic (exact) mass is 1080 g/mol. The summed E-state index contributed by atoms with van der Waals surface area (Å²) in [5.41, 5.74) is 10.1. The van der Waals surface area contributed by atoms with Gasteiger partial charge in [0.1, 0.15) is 23.0 Å². The van der Waals surface area contributed by atoms with Gasteiger partial charge in [0.05, 0.1) is 22.5 Å². The molecule has 2 atom stereocenters. The van der Waals surface area contributed by atoms with E-state index >= 15 is 0 Å². The van der Waals surface area contributed by atoms with E-state index < -0.39 is 28.6 Å². The van der Waals surface area contributed by atoms with Gasteiger partial charge in [0.2, 0.25) is 11.8 Å². The molecule has 0 aromatic heterocycles. The molecule has 0 saturated heterocycles. The molecule has 8 aromatic carbocycles. The molecular weight excluding hydrogens is 1010 g/mol. The highest BCUT2D eigenvalue weighted by Gasteiger charge is 2.55. The lowest BCUT2D eigenvalue weighted by atomic mass is 9.77. The summed E-state index contributed by atoms with van der Waals surface area (Å²) >= 11 is 0. The number of aryl methyl sites for hydroxylation is 2. The van der Waals surface area contributed by atoms with E-state index in [0.717, 1.165) is 59.8 Å². The fourth-order valence-corrected chi connectivity index (χ4v) is 12.8. The number of esters is 2. The predicted octanol–water partition coefficient (Wildman–Crippen LogP) is 14.8. The number of hydrogen-bond donors (Lipinski definition) is 0. The fraction of sp³-hybridized carbons (Fsp3) is 0.246. The smallest absolute Gasteiger partial charge is 0.340 e. The van der Waals surface area contributed by atoms with Crippen molar-refractivity contribution < 1.29 is 38.1 Å². The molecule has 2 amide bonds. The summed E-state index contributed by atoms with van der Waals surface area (Å²) in [6, 6.07) is 50.8. The van der Waals surface area contributed by atoms with Crippen molar-refractivity contribution in [2.45, 2.75) is 85.9 Å². The summed E-state index contributed by atoms with van der Waals surface area (Å²) in [5.74, 6) is 1.04. The van der Waals surface area contributed by atoms with Gasteiger partial charge in [-0.25, -0.2) is 9.59 Å². The number of rotatable bonds is 12. The maximum absolute atomic E-state index is 14.0. The van der Waals surface area contributed by atoms with Crippen LogP contribution in [0.5, 0.6) is 23.0 Å². The van der Waals surface area contributed by atoms with Crippen LogP contribution in [-0.4, -0.2) is 49.9 Å². The number of amides is 2. The van der Waals surface area contributed by atoms with Crippen LogP contribution in [0.1, 0.15) is 132 Å². The summed E-state index contributed by atoms with van der Waals surface area (Å²) in [6.45, 7) is 23.0. The third kappa shape index (κ3) is 8.00. The van der Waals surface area contributed by atoms with Crippen LogP contribution in [-0.2, 0) is 35.7 Å². The highest BCUT2D eigenvalue weighted by Crippen LogP contribution is 2.60. The zero-order chi connectivity index (χ0) is 56.9. The summed E-state index contributed by atoms with van der Waals surface area (Å²) in [7, 11) is 0. The second-order valence-corrected chi connectivity index (χ2v) is 21.8. The average molecular weight is 1080 g/mol. The molecule has 0 saturated carbocycles. The standard InChI is InChI=1S/C69H64N4O8/c1-11-70(12-2)49-31-33-55-63(37-49)78-61-35-41(5)59(39-57(61)68(55)53-21-17-15-19-51(53)65(76)80-68)72(43(7)74)47-27-23-45(24-28-47)67(9,10)46-25-29-48(30-26-46)73(44(8)75)60-40-58-62(36-42(60)6)79-64-38-50(71(13-3)14-4)32-34-56(64)69(58)54-22-18-16-20-52(54)66(77)81-69/h15-40H,11-14H2,1-10H3. The molecule has 2 unspecified atom stereocenters. The highest BCUT2D eigenvalue weighted by molar-refractivity contribution is 6.03. The maximum Gasteiger partial charge on any atom is 0.340 e. The molecule has 4 aliphatic rings. The number of carbonyl (C=O) groups is 4. The number of ether oxygens (including phenoxy) is 4. The Morgan fingerprint density at radius 3 is 1.14 bits per heavy atom. The van der Waals surface area contributed by atoms with Crippen LogP contribution in [0, 0.1) is 13.8 Å². The molecule has 408 valence electrons. The molecule has 0 N–H and O–H groups in total. The van der Waals surface area contributed by atoms with Gasteiger partial charge in [0.15, 0.2) is 11.2 Å². The zero-order valence-corrected chi connectivity index (χ0v) is 47.4.